The fraction of sp³-hybridized carbons (Fsp3) is 0.444. The summed E-state index contributed by atoms with van der Waals surface area (Å²) in [6.45, 7) is 7.89. The maximum Gasteiger partial charge on any atom is 0.210 e. The van der Waals surface area contributed by atoms with E-state index in [4.69, 9.17) is 0 Å². The summed E-state index contributed by atoms with van der Waals surface area (Å²) in [5.74, 6) is 0. The van der Waals surface area contributed by atoms with Gasteiger partial charge in [0, 0.05) is 18.4 Å². The number of hydrogen-bond acceptors (Lipinski definition) is 3. The van der Waals surface area contributed by atoms with Gasteiger partial charge in [-0.15, -0.1) is 6.58 Å². The predicted octanol–water partition coefficient (Wildman–Crippen LogP) is 3.97. The number of benzene rings is 1. The summed E-state index contributed by atoms with van der Waals surface area (Å²) in [6.07, 6.45) is 5.11. The zero-order chi connectivity index (χ0) is 16.2. The summed E-state index contributed by atoms with van der Waals surface area (Å²) in [6, 6.07) is 8.96. The van der Waals surface area contributed by atoms with Crippen LogP contribution in [0, 0.1) is 10.6 Å². The van der Waals surface area contributed by atoms with Gasteiger partial charge >= 0.3 is 0 Å². The molecule has 2 rings (SSSR count). The second kappa shape index (κ2) is 6.77. The Balaban J connectivity index is 2.30. The quantitative estimate of drug-likeness (QED) is 0.164. The van der Waals surface area contributed by atoms with Crippen molar-refractivity contribution in [3.05, 3.63) is 53.8 Å². The standard InChI is InChI=1S/C18H24N2O2/c1-4-5-7-12-16-18(2,3)13-15(20(16)22)17(19-21)14-10-8-6-9-11-14/h4,6,8-11,15,21H,1,5,7,12-13H2,2-3H3/t15-/m1/s1. The van der Waals surface area contributed by atoms with Crippen LogP contribution < -0.4 is 0 Å². The summed E-state index contributed by atoms with van der Waals surface area (Å²) in [5, 5.41) is 25.6. The van der Waals surface area contributed by atoms with E-state index < -0.39 is 6.04 Å². The summed E-state index contributed by atoms with van der Waals surface area (Å²) < 4.78 is 1.06. The van der Waals surface area contributed by atoms with Crippen molar-refractivity contribution < 1.29 is 9.95 Å². The van der Waals surface area contributed by atoms with Crippen LogP contribution in [0.15, 0.2) is 48.1 Å². The fourth-order valence-electron chi connectivity index (χ4n) is 3.17. The second-order valence-electron chi connectivity index (χ2n) is 6.41. The fourth-order valence-corrected chi connectivity index (χ4v) is 3.17. The van der Waals surface area contributed by atoms with Crippen LogP contribution in [0.5, 0.6) is 0 Å². The molecule has 1 atom stereocenters. The van der Waals surface area contributed by atoms with Gasteiger partial charge in [-0.1, -0.05) is 55.4 Å². The van der Waals surface area contributed by atoms with Crippen LogP contribution in [0.2, 0.25) is 0 Å². The van der Waals surface area contributed by atoms with Crippen molar-refractivity contribution in [2.75, 3.05) is 0 Å². The van der Waals surface area contributed by atoms with Gasteiger partial charge in [0.1, 0.15) is 0 Å². The van der Waals surface area contributed by atoms with Gasteiger partial charge in [0.15, 0.2) is 11.4 Å². The minimum Gasteiger partial charge on any atom is -0.623 e. The van der Waals surface area contributed by atoms with E-state index in [1.807, 2.05) is 36.4 Å². The van der Waals surface area contributed by atoms with E-state index in [9.17, 15) is 10.4 Å². The monoisotopic (exact) mass is 300 g/mol. The molecule has 1 heterocycles. The molecule has 0 fully saturated rings. The Kier molecular flexibility index (Phi) is 5.01. The highest BCUT2D eigenvalue weighted by Gasteiger charge is 2.46. The summed E-state index contributed by atoms with van der Waals surface area (Å²) >= 11 is 0. The van der Waals surface area contributed by atoms with Gasteiger partial charge in [-0.2, -0.15) is 0 Å². The minimum atomic E-state index is -0.430. The molecule has 1 aromatic rings. The first kappa shape index (κ1) is 16.3. The lowest BCUT2D eigenvalue weighted by Gasteiger charge is -2.15. The van der Waals surface area contributed by atoms with Crippen LogP contribution in [0.3, 0.4) is 0 Å². The Morgan fingerprint density at radius 2 is 2.14 bits per heavy atom. The normalized spacial score (nSPS) is 21.2. The highest BCUT2D eigenvalue weighted by atomic mass is 16.5. The molecule has 0 saturated carbocycles. The van der Waals surface area contributed by atoms with Gasteiger partial charge in [0.25, 0.3) is 0 Å². The van der Waals surface area contributed by atoms with Gasteiger partial charge in [-0.05, 0) is 12.8 Å². The second-order valence-corrected chi connectivity index (χ2v) is 6.41. The molecule has 118 valence electrons. The van der Waals surface area contributed by atoms with E-state index >= 15 is 0 Å². The maximum absolute atomic E-state index is 12.8. The summed E-state index contributed by atoms with van der Waals surface area (Å²) in [4.78, 5) is 0. The van der Waals surface area contributed by atoms with Gasteiger partial charge in [0.05, 0.1) is 5.41 Å². The van der Waals surface area contributed by atoms with E-state index in [1.165, 1.54) is 0 Å². The van der Waals surface area contributed by atoms with Crippen molar-refractivity contribution in [1.82, 2.24) is 0 Å². The third-order valence-corrected chi connectivity index (χ3v) is 4.35. The van der Waals surface area contributed by atoms with Crippen LogP contribution in [0.4, 0.5) is 0 Å². The summed E-state index contributed by atoms with van der Waals surface area (Å²) in [7, 11) is 0. The van der Waals surface area contributed by atoms with Gasteiger partial charge in [-0.3, -0.25) is 0 Å². The van der Waals surface area contributed by atoms with Crippen LogP contribution in [0.25, 0.3) is 0 Å². The van der Waals surface area contributed by atoms with Gasteiger partial charge in [0.2, 0.25) is 6.04 Å². The van der Waals surface area contributed by atoms with Crippen LogP contribution >= 0.6 is 0 Å². The first-order valence-corrected chi connectivity index (χ1v) is 7.72. The summed E-state index contributed by atoms with van der Waals surface area (Å²) in [5.41, 5.74) is 1.94. The van der Waals surface area contributed by atoms with E-state index in [-0.39, 0.29) is 5.41 Å². The Morgan fingerprint density at radius 1 is 1.45 bits per heavy atom. The Hall–Kier alpha value is -2.10. The van der Waals surface area contributed by atoms with Gasteiger partial charge in [-0.25, -0.2) is 4.74 Å². The lowest BCUT2D eigenvalue weighted by molar-refractivity contribution is -0.473. The lowest BCUT2D eigenvalue weighted by atomic mass is 9.81. The Bertz CT molecular complexity index is 588. The molecule has 0 amide bonds. The molecule has 0 aromatic heterocycles. The number of nitrogens with zero attached hydrogens (tertiary/aromatic N) is 2. The smallest absolute Gasteiger partial charge is 0.210 e. The van der Waals surface area contributed by atoms with Crippen molar-refractivity contribution in [3.8, 4) is 0 Å². The molecule has 4 nitrogen and oxygen atoms in total. The highest BCUT2D eigenvalue weighted by Crippen LogP contribution is 2.35. The van der Waals surface area contributed by atoms with Crippen LogP contribution in [0.1, 0.15) is 45.1 Å². The molecule has 0 radical (unpaired) electrons. The lowest BCUT2D eigenvalue weighted by Crippen LogP contribution is -2.29. The SMILES string of the molecule is C=CCCCC1=[N+]([O-])[C@@H](C(=NO)c2ccccc2)CC1(C)C. The molecule has 1 aromatic carbocycles. The molecular weight excluding hydrogens is 276 g/mol. The first-order valence-electron chi connectivity index (χ1n) is 7.72. The number of oxime groups is 1. The third kappa shape index (κ3) is 3.21. The topological polar surface area (TPSA) is 58.7 Å². The maximum atomic E-state index is 12.8. The van der Waals surface area contributed by atoms with E-state index in [0.29, 0.717) is 12.1 Å². The van der Waals surface area contributed by atoms with Crippen LogP contribution in [-0.4, -0.2) is 27.4 Å². The number of rotatable bonds is 6. The van der Waals surface area contributed by atoms with Crippen LogP contribution in [-0.2, 0) is 0 Å². The van der Waals surface area contributed by atoms with E-state index in [0.717, 1.165) is 35.3 Å². The first-order chi connectivity index (χ1) is 10.5. The molecule has 1 aliphatic rings. The molecular formula is C18H24N2O2. The highest BCUT2D eigenvalue weighted by molar-refractivity contribution is 6.05. The van der Waals surface area contributed by atoms with E-state index in [2.05, 4.69) is 25.6 Å². The van der Waals surface area contributed by atoms with Crippen molar-refractivity contribution in [2.45, 2.75) is 45.6 Å². The molecule has 4 heteroatoms. The van der Waals surface area contributed by atoms with Crippen molar-refractivity contribution in [3.63, 3.8) is 0 Å². The molecule has 22 heavy (non-hydrogen) atoms. The molecule has 0 spiro atoms. The van der Waals surface area contributed by atoms with Crippen molar-refractivity contribution in [1.29, 1.82) is 0 Å². The molecule has 0 bridgehead atoms. The Morgan fingerprint density at radius 3 is 2.73 bits per heavy atom. The minimum absolute atomic E-state index is 0.182. The number of unbranched alkanes of at least 4 members (excludes halogenated alkanes) is 1. The molecule has 1 aliphatic heterocycles. The van der Waals surface area contributed by atoms with Crippen molar-refractivity contribution >= 4 is 11.4 Å². The number of hydrogen-bond donors (Lipinski definition) is 1. The van der Waals surface area contributed by atoms with E-state index in [1.54, 1.807) is 0 Å². The Labute approximate surface area is 132 Å². The predicted molar refractivity (Wildman–Crippen MR) is 89.6 cm³/mol. The zero-order valence-corrected chi connectivity index (χ0v) is 13.3. The average molecular weight is 300 g/mol. The zero-order valence-electron chi connectivity index (χ0n) is 13.3. The molecule has 0 aliphatic carbocycles. The van der Waals surface area contributed by atoms with Crippen molar-refractivity contribution in [2.24, 2.45) is 10.6 Å². The largest absolute Gasteiger partial charge is 0.623 e. The average Bonchev–Trinajstić information content (AvgIpc) is 2.73. The molecule has 1 N–H and O–H groups in total. The number of allylic oxidation sites excluding steroid dienone is 1. The molecule has 0 unspecified atom stereocenters. The molecule has 0 saturated heterocycles. The van der Waals surface area contributed by atoms with Gasteiger partial charge < -0.3 is 10.4 Å². The third-order valence-electron chi connectivity index (χ3n) is 4.35. The number of hydroxylamine groups is 1.